The van der Waals surface area contributed by atoms with Gasteiger partial charge in [-0.1, -0.05) is 26.0 Å². The molecule has 3 heteroatoms. The first-order chi connectivity index (χ1) is 8.09. The van der Waals surface area contributed by atoms with Gasteiger partial charge in [-0.3, -0.25) is 4.79 Å². The summed E-state index contributed by atoms with van der Waals surface area (Å²) >= 11 is 0. The van der Waals surface area contributed by atoms with Crippen LogP contribution in [0.5, 0.6) is 0 Å². The third-order valence-corrected chi connectivity index (χ3v) is 3.19. The van der Waals surface area contributed by atoms with Crippen molar-refractivity contribution >= 4 is 16.8 Å². The zero-order valence-corrected chi connectivity index (χ0v) is 10.4. The van der Waals surface area contributed by atoms with Gasteiger partial charge >= 0.3 is 0 Å². The van der Waals surface area contributed by atoms with Crippen LogP contribution in [-0.2, 0) is 0 Å². The van der Waals surface area contributed by atoms with Crippen LogP contribution < -0.4 is 5.32 Å². The summed E-state index contributed by atoms with van der Waals surface area (Å²) in [4.78, 5) is 15.3. The predicted molar refractivity (Wildman–Crippen MR) is 70.1 cm³/mol. The summed E-state index contributed by atoms with van der Waals surface area (Å²) in [5.41, 5.74) is 1.61. The molecule has 1 heterocycles. The third kappa shape index (κ3) is 2.33. The average molecular weight is 230 g/mol. The van der Waals surface area contributed by atoms with Crippen molar-refractivity contribution < 1.29 is 4.79 Å². The summed E-state index contributed by atoms with van der Waals surface area (Å²) in [6.45, 7) is 6.22. The highest BCUT2D eigenvalue weighted by Gasteiger charge is 2.14. The van der Waals surface area contributed by atoms with E-state index in [1.165, 1.54) is 0 Å². The number of carbonyl (C=O) groups excluding carboxylic acids is 1. The molecule has 1 atom stereocenters. The molecule has 0 radical (unpaired) electrons. The summed E-state index contributed by atoms with van der Waals surface area (Å²) in [5, 5.41) is 4.08. The molecular weight excluding hydrogens is 212 g/mol. The van der Waals surface area contributed by atoms with E-state index in [9.17, 15) is 4.79 Å². The maximum atomic E-state index is 12.1. The second-order valence-electron chi connectivity index (χ2n) is 4.75. The molecule has 0 saturated heterocycles. The normalized spacial score (nSPS) is 12.9. The lowest BCUT2D eigenvalue weighted by atomic mass is 10.1. The van der Waals surface area contributed by atoms with Gasteiger partial charge in [0.1, 0.15) is 0 Å². The number of aromatic amines is 1. The van der Waals surface area contributed by atoms with Gasteiger partial charge in [-0.05, 0) is 25.0 Å². The molecule has 1 unspecified atom stereocenters. The quantitative estimate of drug-likeness (QED) is 0.836. The van der Waals surface area contributed by atoms with Crippen LogP contribution in [0, 0.1) is 5.92 Å². The molecule has 0 bridgehead atoms. The Labute approximate surface area is 101 Å². The van der Waals surface area contributed by atoms with Crippen molar-refractivity contribution in [3.63, 3.8) is 0 Å². The van der Waals surface area contributed by atoms with Crippen molar-refractivity contribution in [1.82, 2.24) is 10.3 Å². The van der Waals surface area contributed by atoms with E-state index >= 15 is 0 Å². The summed E-state index contributed by atoms with van der Waals surface area (Å²) in [5.74, 6) is 0.418. The number of para-hydroxylation sites is 1. The number of aromatic nitrogens is 1. The van der Waals surface area contributed by atoms with E-state index in [0.717, 1.165) is 10.9 Å². The largest absolute Gasteiger partial charge is 0.361 e. The van der Waals surface area contributed by atoms with Crippen LogP contribution in [0.4, 0.5) is 0 Å². The van der Waals surface area contributed by atoms with Crippen molar-refractivity contribution in [1.29, 1.82) is 0 Å². The Morgan fingerprint density at radius 2 is 2.00 bits per heavy atom. The highest BCUT2D eigenvalue weighted by molar-refractivity contribution is 6.05. The summed E-state index contributed by atoms with van der Waals surface area (Å²) in [6.07, 6.45) is 1.85. The molecule has 1 amide bonds. The van der Waals surface area contributed by atoms with Gasteiger partial charge in [-0.15, -0.1) is 0 Å². The third-order valence-electron chi connectivity index (χ3n) is 3.19. The standard InChI is InChI=1S/C14H18N2O/c1-9(2)10(3)16-14(17)12-6-4-5-11-7-8-15-13(11)12/h4-10,15H,1-3H3,(H,16,17). The Balaban J connectivity index is 2.27. The number of amides is 1. The molecule has 0 saturated carbocycles. The smallest absolute Gasteiger partial charge is 0.253 e. The van der Waals surface area contributed by atoms with Crippen LogP contribution in [0.15, 0.2) is 30.5 Å². The zero-order valence-electron chi connectivity index (χ0n) is 10.4. The number of hydrogen-bond donors (Lipinski definition) is 2. The maximum absolute atomic E-state index is 12.1. The van der Waals surface area contributed by atoms with Crippen LogP contribution in [0.25, 0.3) is 10.9 Å². The minimum Gasteiger partial charge on any atom is -0.361 e. The first kappa shape index (κ1) is 11.7. The fraction of sp³-hybridized carbons (Fsp3) is 0.357. The molecule has 90 valence electrons. The van der Waals surface area contributed by atoms with Gasteiger partial charge in [0.15, 0.2) is 0 Å². The molecule has 0 aliphatic carbocycles. The summed E-state index contributed by atoms with van der Waals surface area (Å²) in [7, 11) is 0. The van der Waals surface area contributed by atoms with Crippen molar-refractivity contribution in [3.8, 4) is 0 Å². The van der Waals surface area contributed by atoms with Gasteiger partial charge in [-0.2, -0.15) is 0 Å². The number of nitrogens with one attached hydrogen (secondary N) is 2. The van der Waals surface area contributed by atoms with E-state index in [2.05, 4.69) is 24.1 Å². The molecule has 3 nitrogen and oxygen atoms in total. The molecule has 2 rings (SSSR count). The monoisotopic (exact) mass is 230 g/mol. The van der Waals surface area contributed by atoms with E-state index in [0.29, 0.717) is 11.5 Å². The lowest BCUT2D eigenvalue weighted by Gasteiger charge is -2.17. The Kier molecular flexibility index (Phi) is 3.18. The fourth-order valence-electron chi connectivity index (χ4n) is 1.73. The first-order valence-electron chi connectivity index (χ1n) is 5.96. The number of fused-ring (bicyclic) bond motifs is 1. The summed E-state index contributed by atoms with van der Waals surface area (Å²) in [6, 6.07) is 7.89. The number of benzene rings is 1. The lowest BCUT2D eigenvalue weighted by molar-refractivity contribution is 0.0932. The van der Waals surface area contributed by atoms with Crippen molar-refractivity contribution in [3.05, 3.63) is 36.0 Å². The van der Waals surface area contributed by atoms with Gasteiger partial charge in [0.25, 0.3) is 5.91 Å². The van der Waals surface area contributed by atoms with Gasteiger partial charge in [0.05, 0.1) is 11.1 Å². The van der Waals surface area contributed by atoms with E-state index < -0.39 is 0 Å². The number of hydrogen-bond acceptors (Lipinski definition) is 1. The van der Waals surface area contributed by atoms with Crippen LogP contribution in [-0.4, -0.2) is 16.9 Å². The molecule has 1 aromatic carbocycles. The number of rotatable bonds is 3. The van der Waals surface area contributed by atoms with Crippen LogP contribution in [0.1, 0.15) is 31.1 Å². The molecular formula is C14H18N2O. The Bertz CT molecular complexity index is 528. The highest BCUT2D eigenvalue weighted by Crippen LogP contribution is 2.17. The molecule has 2 aromatic rings. The second kappa shape index (κ2) is 4.62. The van der Waals surface area contributed by atoms with Crippen molar-refractivity contribution in [2.24, 2.45) is 5.92 Å². The molecule has 0 aliphatic heterocycles. The molecule has 1 aromatic heterocycles. The van der Waals surface area contributed by atoms with Gasteiger partial charge in [0.2, 0.25) is 0 Å². The highest BCUT2D eigenvalue weighted by atomic mass is 16.1. The van der Waals surface area contributed by atoms with Crippen molar-refractivity contribution in [2.45, 2.75) is 26.8 Å². The first-order valence-corrected chi connectivity index (χ1v) is 5.96. The minimum atomic E-state index is -0.0146. The fourth-order valence-corrected chi connectivity index (χ4v) is 1.73. The summed E-state index contributed by atoms with van der Waals surface area (Å²) < 4.78 is 0. The predicted octanol–water partition coefficient (Wildman–Crippen LogP) is 2.94. The molecule has 0 aliphatic rings. The number of carbonyl (C=O) groups is 1. The average Bonchev–Trinajstić information content (AvgIpc) is 2.76. The second-order valence-corrected chi connectivity index (χ2v) is 4.75. The Hall–Kier alpha value is -1.77. The van der Waals surface area contributed by atoms with E-state index in [1.807, 2.05) is 37.4 Å². The Morgan fingerprint density at radius 1 is 1.24 bits per heavy atom. The van der Waals surface area contributed by atoms with Gasteiger partial charge in [0, 0.05) is 17.6 Å². The van der Waals surface area contributed by atoms with Gasteiger partial charge < -0.3 is 10.3 Å². The van der Waals surface area contributed by atoms with Crippen LogP contribution in [0.2, 0.25) is 0 Å². The topological polar surface area (TPSA) is 44.9 Å². The minimum absolute atomic E-state index is 0.0146. The van der Waals surface area contributed by atoms with Crippen molar-refractivity contribution in [2.75, 3.05) is 0 Å². The van der Waals surface area contributed by atoms with Crippen LogP contribution in [0.3, 0.4) is 0 Å². The molecule has 2 N–H and O–H groups in total. The van der Waals surface area contributed by atoms with Gasteiger partial charge in [-0.25, -0.2) is 0 Å². The SMILES string of the molecule is CC(C)C(C)NC(=O)c1cccc2cc[nH]c12. The molecule has 0 fully saturated rings. The lowest BCUT2D eigenvalue weighted by Crippen LogP contribution is -2.36. The van der Waals surface area contributed by atoms with Crippen LogP contribution >= 0.6 is 0 Å². The Morgan fingerprint density at radius 3 is 2.71 bits per heavy atom. The van der Waals surface area contributed by atoms with E-state index in [4.69, 9.17) is 0 Å². The number of H-pyrrole nitrogens is 1. The van der Waals surface area contributed by atoms with E-state index in [-0.39, 0.29) is 11.9 Å². The molecule has 0 spiro atoms. The molecule has 17 heavy (non-hydrogen) atoms. The zero-order chi connectivity index (χ0) is 12.4. The van der Waals surface area contributed by atoms with E-state index in [1.54, 1.807) is 0 Å². The maximum Gasteiger partial charge on any atom is 0.253 e.